The van der Waals surface area contributed by atoms with E-state index in [1.807, 2.05) is 0 Å². The molecule has 0 amide bonds. The third-order valence-electron chi connectivity index (χ3n) is 3.76. The first-order chi connectivity index (χ1) is 8.97. The van der Waals surface area contributed by atoms with E-state index in [0.29, 0.717) is 0 Å². The van der Waals surface area contributed by atoms with Crippen LogP contribution in [0.2, 0.25) is 0 Å². The summed E-state index contributed by atoms with van der Waals surface area (Å²) in [7, 11) is 0. The van der Waals surface area contributed by atoms with Crippen molar-refractivity contribution in [3.05, 3.63) is 0 Å². The lowest BCUT2D eigenvalue weighted by Crippen LogP contribution is -1.99. The van der Waals surface area contributed by atoms with Gasteiger partial charge in [0.25, 0.3) is 0 Å². The summed E-state index contributed by atoms with van der Waals surface area (Å²) in [5.74, 6) is 2.79. The fourth-order valence-electron chi connectivity index (χ4n) is 2.66. The van der Waals surface area contributed by atoms with Crippen molar-refractivity contribution < 1.29 is 0 Å². The summed E-state index contributed by atoms with van der Waals surface area (Å²) in [5.41, 5.74) is 0. The molecule has 0 N–H and O–H groups in total. The summed E-state index contributed by atoms with van der Waals surface area (Å²) in [5, 5.41) is 0. The second kappa shape index (κ2) is 16.1. The third kappa shape index (κ3) is 20.5. The van der Waals surface area contributed by atoms with Gasteiger partial charge in [0, 0.05) is 0 Å². The lowest BCUT2D eigenvalue weighted by atomic mass is 9.94. The first-order valence-electron chi connectivity index (χ1n) is 8.97. The lowest BCUT2D eigenvalue weighted by molar-refractivity contribution is 0.404. The Labute approximate surface area is 124 Å². The van der Waals surface area contributed by atoms with Crippen LogP contribution in [0.15, 0.2) is 0 Å². The van der Waals surface area contributed by atoms with Crippen LogP contribution < -0.4 is 0 Å². The van der Waals surface area contributed by atoms with Crippen molar-refractivity contribution in [1.82, 2.24) is 0 Å². The van der Waals surface area contributed by atoms with E-state index in [1.54, 1.807) is 0 Å². The average Bonchev–Trinajstić information content (AvgIpc) is 2.34. The van der Waals surface area contributed by atoms with E-state index >= 15 is 0 Å². The van der Waals surface area contributed by atoms with E-state index in [9.17, 15) is 0 Å². The predicted octanol–water partition coefficient (Wildman–Crippen LogP) is 7.47. The molecule has 0 radical (unpaired) electrons. The van der Waals surface area contributed by atoms with Crippen molar-refractivity contribution in [2.24, 2.45) is 17.8 Å². The van der Waals surface area contributed by atoms with Crippen LogP contribution in [0.4, 0.5) is 0 Å². The van der Waals surface area contributed by atoms with Crippen molar-refractivity contribution in [3.63, 3.8) is 0 Å². The van der Waals surface area contributed by atoms with Crippen molar-refractivity contribution >= 4 is 0 Å². The molecule has 0 spiro atoms. The maximum absolute atomic E-state index is 2.37. The predicted molar refractivity (Wildman–Crippen MR) is 91.7 cm³/mol. The molecule has 2 atom stereocenters. The molecule has 0 nitrogen and oxygen atoms in total. The molecule has 0 aliphatic rings. The van der Waals surface area contributed by atoms with Gasteiger partial charge in [-0.3, -0.25) is 0 Å². The maximum Gasteiger partial charge on any atom is -0.0440 e. The SMILES string of the molecule is CCCCC(C)CC(C)C.CCCCC(C)CCC. The smallest absolute Gasteiger partial charge is 0.0440 e. The Balaban J connectivity index is 0. The van der Waals surface area contributed by atoms with Gasteiger partial charge in [0.15, 0.2) is 0 Å². The van der Waals surface area contributed by atoms with Crippen LogP contribution >= 0.6 is 0 Å². The van der Waals surface area contributed by atoms with Gasteiger partial charge < -0.3 is 0 Å². The molecule has 19 heavy (non-hydrogen) atoms. The average molecular weight is 271 g/mol. The molecule has 0 fully saturated rings. The first-order valence-corrected chi connectivity index (χ1v) is 8.97. The molecular weight excluding hydrogens is 228 g/mol. The van der Waals surface area contributed by atoms with E-state index in [0.717, 1.165) is 17.8 Å². The highest BCUT2D eigenvalue weighted by molar-refractivity contribution is 4.55. The summed E-state index contributed by atoms with van der Waals surface area (Å²) < 4.78 is 0. The molecule has 2 unspecified atom stereocenters. The lowest BCUT2D eigenvalue weighted by Gasteiger charge is -2.12. The van der Waals surface area contributed by atoms with Crippen LogP contribution in [0.25, 0.3) is 0 Å². The van der Waals surface area contributed by atoms with Gasteiger partial charge >= 0.3 is 0 Å². The van der Waals surface area contributed by atoms with Gasteiger partial charge in [0.2, 0.25) is 0 Å². The zero-order valence-corrected chi connectivity index (χ0v) is 15.1. The molecule has 0 aliphatic heterocycles. The van der Waals surface area contributed by atoms with Crippen LogP contribution in [0.5, 0.6) is 0 Å². The number of hydrogen-bond donors (Lipinski definition) is 0. The molecule has 0 bridgehead atoms. The molecule has 0 heteroatoms. The third-order valence-corrected chi connectivity index (χ3v) is 3.76. The highest BCUT2D eigenvalue weighted by atomic mass is 14.1. The van der Waals surface area contributed by atoms with Gasteiger partial charge in [-0.25, -0.2) is 0 Å². The Morgan fingerprint density at radius 3 is 1.42 bits per heavy atom. The fraction of sp³-hybridized carbons (Fsp3) is 1.00. The van der Waals surface area contributed by atoms with Crippen molar-refractivity contribution in [2.45, 2.75) is 106 Å². The fourth-order valence-corrected chi connectivity index (χ4v) is 2.66. The second-order valence-electron chi connectivity index (χ2n) is 6.91. The van der Waals surface area contributed by atoms with Crippen LogP contribution in [0.1, 0.15) is 106 Å². The molecule has 0 rings (SSSR count). The minimum Gasteiger partial charge on any atom is -0.0654 e. The Kier molecular flexibility index (Phi) is 18.0. The van der Waals surface area contributed by atoms with Crippen LogP contribution in [-0.4, -0.2) is 0 Å². The van der Waals surface area contributed by atoms with Crippen molar-refractivity contribution in [2.75, 3.05) is 0 Å². The normalized spacial score (nSPS) is 13.9. The largest absolute Gasteiger partial charge is 0.0654 e. The number of rotatable bonds is 10. The Hall–Kier alpha value is 0. The zero-order chi connectivity index (χ0) is 15.1. The molecule has 118 valence electrons. The highest BCUT2D eigenvalue weighted by Crippen LogP contribution is 2.16. The molecule has 0 saturated carbocycles. The van der Waals surface area contributed by atoms with E-state index < -0.39 is 0 Å². The van der Waals surface area contributed by atoms with Gasteiger partial charge in [0.05, 0.1) is 0 Å². The Morgan fingerprint density at radius 1 is 0.579 bits per heavy atom. The van der Waals surface area contributed by atoms with Gasteiger partial charge in [-0.1, -0.05) is 99.8 Å². The highest BCUT2D eigenvalue weighted by Gasteiger charge is 2.03. The maximum atomic E-state index is 2.37. The molecule has 0 heterocycles. The summed E-state index contributed by atoms with van der Waals surface area (Å²) in [6, 6.07) is 0. The van der Waals surface area contributed by atoms with E-state index in [2.05, 4.69) is 48.5 Å². The van der Waals surface area contributed by atoms with E-state index in [-0.39, 0.29) is 0 Å². The van der Waals surface area contributed by atoms with Gasteiger partial charge in [0.1, 0.15) is 0 Å². The molecule has 0 aromatic heterocycles. The molecular formula is C19H42. The monoisotopic (exact) mass is 270 g/mol. The molecule has 0 aliphatic carbocycles. The van der Waals surface area contributed by atoms with E-state index in [1.165, 1.54) is 57.8 Å². The second-order valence-corrected chi connectivity index (χ2v) is 6.91. The summed E-state index contributed by atoms with van der Waals surface area (Å²) >= 11 is 0. The van der Waals surface area contributed by atoms with Gasteiger partial charge in [-0.15, -0.1) is 0 Å². The minimum atomic E-state index is 0.881. The number of hydrogen-bond acceptors (Lipinski definition) is 0. The van der Waals surface area contributed by atoms with Crippen LogP contribution in [-0.2, 0) is 0 Å². The standard InChI is InChI=1S/C10H22.C9H20/c1-5-6-7-10(4)8-9(2)3;1-4-6-8-9(3)7-5-2/h9-10H,5-8H2,1-4H3;9H,4-8H2,1-3H3. The topological polar surface area (TPSA) is 0 Å². The zero-order valence-electron chi connectivity index (χ0n) is 15.1. The van der Waals surface area contributed by atoms with Gasteiger partial charge in [-0.05, 0) is 24.2 Å². The first kappa shape index (κ1) is 21.3. The van der Waals surface area contributed by atoms with Crippen molar-refractivity contribution in [1.29, 1.82) is 0 Å². The summed E-state index contributed by atoms with van der Waals surface area (Å²) in [6.07, 6.45) is 12.6. The summed E-state index contributed by atoms with van der Waals surface area (Å²) in [6.45, 7) is 16.1. The quantitative estimate of drug-likeness (QED) is 0.386. The molecule has 0 aromatic carbocycles. The number of unbranched alkanes of at least 4 members (excludes halogenated alkanes) is 2. The van der Waals surface area contributed by atoms with Crippen molar-refractivity contribution in [3.8, 4) is 0 Å². The Morgan fingerprint density at radius 2 is 1.05 bits per heavy atom. The minimum absolute atomic E-state index is 0.881. The summed E-state index contributed by atoms with van der Waals surface area (Å²) in [4.78, 5) is 0. The van der Waals surface area contributed by atoms with E-state index in [4.69, 9.17) is 0 Å². The molecule has 0 aromatic rings. The van der Waals surface area contributed by atoms with Crippen LogP contribution in [0.3, 0.4) is 0 Å². The van der Waals surface area contributed by atoms with Crippen LogP contribution in [0, 0.1) is 17.8 Å². The van der Waals surface area contributed by atoms with Gasteiger partial charge in [-0.2, -0.15) is 0 Å². The Bertz CT molecular complexity index is 148. The molecule has 0 saturated heterocycles.